The average Bonchev–Trinajstić information content (AvgIpc) is 3.01. The van der Waals surface area contributed by atoms with Crippen LogP contribution in [0.5, 0.6) is 11.5 Å². The van der Waals surface area contributed by atoms with E-state index < -0.39 is 74.6 Å². The first-order chi connectivity index (χ1) is 21.0. The van der Waals surface area contributed by atoms with Crippen LogP contribution in [-0.2, 0) is 25.5 Å². The molecule has 0 aliphatic carbocycles. The molecule has 0 saturated carbocycles. The van der Waals surface area contributed by atoms with Crippen molar-refractivity contribution in [2.75, 3.05) is 20.3 Å². The highest BCUT2D eigenvalue weighted by Gasteiger charge is 2.51. The summed E-state index contributed by atoms with van der Waals surface area (Å²) >= 11 is 0. The molecular formula is C30H47NO13. The van der Waals surface area contributed by atoms with Crippen LogP contribution in [0.3, 0.4) is 0 Å². The minimum Gasteiger partial charge on any atom is -0.493 e. The lowest BCUT2D eigenvalue weighted by Gasteiger charge is -2.45. The summed E-state index contributed by atoms with van der Waals surface area (Å²) in [6, 6.07) is 4.87. The first-order valence-electron chi connectivity index (χ1n) is 14.9. The van der Waals surface area contributed by atoms with Gasteiger partial charge in [0.15, 0.2) is 17.8 Å². The third kappa shape index (κ3) is 9.57. The number of methoxy groups -OCH3 is 1. The summed E-state index contributed by atoms with van der Waals surface area (Å²) in [5, 5.41) is 74.3. The second-order valence-electron chi connectivity index (χ2n) is 11.3. The summed E-state index contributed by atoms with van der Waals surface area (Å²) < 4.78 is 27.8. The fourth-order valence-corrected chi connectivity index (χ4v) is 4.90. The number of carbonyl (C=O) groups is 1. The van der Waals surface area contributed by atoms with E-state index in [0.29, 0.717) is 12.3 Å². The molecule has 2 saturated heterocycles. The standard InChI is InChI=1S/C30H47NO13/c1-16(2)8-6-4-5-7-9-22(34)31-13-17-10-11-18(19(12-17)40-3)41-30-27(39)28(24(36)21(15-33)43-30)44-29-26(38)25(37)23(35)20(14-32)42-29/h6,8,10-12,16,20-21,23-30,32-33,35-39H,4-5,7,9,13-15H2,1-3H3,(H,31,34)/b8-6+/t20-,21-,23-,24-,25+,26-,27-,28+,29+,30-/m1/s1. The molecule has 1 aromatic carbocycles. The molecule has 250 valence electrons. The number of aliphatic hydroxyl groups excluding tert-OH is 7. The van der Waals surface area contributed by atoms with E-state index in [1.807, 2.05) is 0 Å². The number of aliphatic hydroxyl groups is 7. The van der Waals surface area contributed by atoms with Crippen molar-refractivity contribution in [3.8, 4) is 11.5 Å². The zero-order chi connectivity index (χ0) is 32.4. The fourth-order valence-electron chi connectivity index (χ4n) is 4.90. The highest BCUT2D eigenvalue weighted by molar-refractivity contribution is 5.75. The fraction of sp³-hybridized carbons (Fsp3) is 0.700. The van der Waals surface area contributed by atoms with Crippen LogP contribution >= 0.6 is 0 Å². The Bertz CT molecular complexity index is 1050. The van der Waals surface area contributed by atoms with Gasteiger partial charge in [-0.25, -0.2) is 0 Å². The minimum absolute atomic E-state index is 0.0742. The summed E-state index contributed by atoms with van der Waals surface area (Å²) in [6.07, 6.45) is -8.45. The molecule has 1 amide bonds. The van der Waals surface area contributed by atoms with Gasteiger partial charge >= 0.3 is 0 Å². The Balaban J connectivity index is 1.62. The van der Waals surface area contributed by atoms with E-state index in [2.05, 4.69) is 31.3 Å². The molecule has 0 aromatic heterocycles. The normalized spacial score (nSPS) is 32.6. The van der Waals surface area contributed by atoms with Crippen LogP contribution in [0.1, 0.15) is 45.1 Å². The lowest BCUT2D eigenvalue weighted by Crippen LogP contribution is -2.65. The van der Waals surface area contributed by atoms with Crippen molar-refractivity contribution in [3.63, 3.8) is 0 Å². The number of carbonyl (C=O) groups excluding carboxylic acids is 1. The van der Waals surface area contributed by atoms with Crippen molar-refractivity contribution >= 4 is 5.91 Å². The highest BCUT2D eigenvalue weighted by atomic mass is 16.7. The maximum Gasteiger partial charge on any atom is 0.229 e. The molecule has 0 spiro atoms. The van der Waals surface area contributed by atoms with Gasteiger partial charge in [0.25, 0.3) is 0 Å². The predicted octanol–water partition coefficient (Wildman–Crippen LogP) is -0.913. The zero-order valence-electron chi connectivity index (χ0n) is 25.3. The van der Waals surface area contributed by atoms with Crippen molar-refractivity contribution in [2.24, 2.45) is 5.92 Å². The van der Waals surface area contributed by atoms with Crippen molar-refractivity contribution in [1.29, 1.82) is 0 Å². The molecule has 1 aromatic rings. The van der Waals surface area contributed by atoms with Crippen molar-refractivity contribution < 1.29 is 64.2 Å². The molecule has 2 fully saturated rings. The van der Waals surface area contributed by atoms with E-state index in [1.54, 1.807) is 18.2 Å². The van der Waals surface area contributed by atoms with Crippen LogP contribution in [0.25, 0.3) is 0 Å². The Morgan fingerprint density at radius 2 is 1.59 bits per heavy atom. The number of nitrogens with one attached hydrogen (secondary N) is 1. The molecule has 3 rings (SSSR count). The number of rotatable bonds is 15. The lowest BCUT2D eigenvalue weighted by atomic mass is 9.97. The van der Waals surface area contributed by atoms with Crippen LogP contribution in [0.2, 0.25) is 0 Å². The summed E-state index contributed by atoms with van der Waals surface area (Å²) in [5.41, 5.74) is 0.722. The molecular weight excluding hydrogens is 582 g/mol. The number of hydrogen-bond acceptors (Lipinski definition) is 13. The Hall–Kier alpha value is -2.37. The van der Waals surface area contributed by atoms with E-state index in [-0.39, 0.29) is 24.0 Å². The van der Waals surface area contributed by atoms with Crippen molar-refractivity contribution in [2.45, 2.75) is 107 Å². The van der Waals surface area contributed by atoms with Gasteiger partial charge in [0.1, 0.15) is 48.8 Å². The summed E-state index contributed by atoms with van der Waals surface area (Å²) in [6.45, 7) is 3.09. The number of allylic oxidation sites excluding steroid dienone is 2. The Morgan fingerprint density at radius 3 is 2.25 bits per heavy atom. The molecule has 2 aliphatic heterocycles. The Labute approximate surface area is 256 Å². The molecule has 8 N–H and O–H groups in total. The molecule has 14 heteroatoms. The molecule has 44 heavy (non-hydrogen) atoms. The molecule has 0 bridgehead atoms. The number of ether oxygens (including phenoxy) is 5. The monoisotopic (exact) mass is 629 g/mol. The van der Waals surface area contributed by atoms with Crippen LogP contribution in [0, 0.1) is 5.92 Å². The maximum absolute atomic E-state index is 12.3. The van der Waals surface area contributed by atoms with Crippen molar-refractivity contribution in [1.82, 2.24) is 5.32 Å². The first kappa shape index (κ1) is 36.1. The van der Waals surface area contributed by atoms with Crippen LogP contribution in [0.4, 0.5) is 0 Å². The molecule has 10 atom stereocenters. The van der Waals surface area contributed by atoms with Gasteiger partial charge < -0.3 is 64.7 Å². The van der Waals surface area contributed by atoms with Crippen molar-refractivity contribution in [3.05, 3.63) is 35.9 Å². The maximum atomic E-state index is 12.3. The van der Waals surface area contributed by atoms with Gasteiger partial charge in [0.2, 0.25) is 12.2 Å². The van der Waals surface area contributed by atoms with Crippen LogP contribution in [-0.4, -0.2) is 123 Å². The third-order valence-corrected chi connectivity index (χ3v) is 7.47. The molecule has 2 aliphatic rings. The number of unbranched alkanes of at least 4 members (excludes halogenated alkanes) is 2. The van der Waals surface area contributed by atoms with Gasteiger partial charge in [-0.05, 0) is 42.9 Å². The SMILES string of the molecule is COc1cc(CNC(=O)CCCC/C=C/C(C)C)ccc1O[C@@H]1O[C@H](CO)[C@@H](O)[C@H](O[C@@H]2O[C@H](CO)[C@@H](O)[C@H](O)[C@H]2O)[C@H]1O. The second kappa shape index (κ2) is 17.4. The van der Waals surface area contributed by atoms with E-state index in [0.717, 1.165) is 24.8 Å². The average molecular weight is 630 g/mol. The first-order valence-corrected chi connectivity index (χ1v) is 14.9. The quantitative estimate of drug-likeness (QED) is 0.0872. The number of amides is 1. The smallest absolute Gasteiger partial charge is 0.229 e. The molecule has 0 radical (unpaired) electrons. The largest absolute Gasteiger partial charge is 0.493 e. The topological polar surface area (TPSA) is 217 Å². The van der Waals surface area contributed by atoms with Gasteiger partial charge in [0, 0.05) is 13.0 Å². The van der Waals surface area contributed by atoms with E-state index in [1.165, 1.54) is 7.11 Å². The zero-order valence-corrected chi connectivity index (χ0v) is 25.3. The summed E-state index contributed by atoms with van der Waals surface area (Å²) in [4.78, 5) is 12.3. The summed E-state index contributed by atoms with van der Waals surface area (Å²) in [7, 11) is 1.40. The highest BCUT2D eigenvalue weighted by Crippen LogP contribution is 2.34. The number of benzene rings is 1. The van der Waals surface area contributed by atoms with Crippen LogP contribution in [0.15, 0.2) is 30.4 Å². The molecule has 14 nitrogen and oxygen atoms in total. The van der Waals surface area contributed by atoms with Gasteiger partial charge in [-0.1, -0.05) is 32.1 Å². The second-order valence-corrected chi connectivity index (χ2v) is 11.3. The van der Waals surface area contributed by atoms with Gasteiger partial charge in [0.05, 0.1) is 20.3 Å². The van der Waals surface area contributed by atoms with Gasteiger partial charge in [-0.3, -0.25) is 4.79 Å². The lowest BCUT2D eigenvalue weighted by molar-refractivity contribution is -0.352. The predicted molar refractivity (Wildman–Crippen MR) is 154 cm³/mol. The van der Waals surface area contributed by atoms with E-state index >= 15 is 0 Å². The Morgan fingerprint density at radius 1 is 0.909 bits per heavy atom. The third-order valence-electron chi connectivity index (χ3n) is 7.47. The molecule has 0 unspecified atom stereocenters. The van der Waals surface area contributed by atoms with Gasteiger partial charge in [-0.2, -0.15) is 0 Å². The van der Waals surface area contributed by atoms with Gasteiger partial charge in [-0.15, -0.1) is 0 Å². The van der Waals surface area contributed by atoms with E-state index in [9.17, 15) is 40.5 Å². The molecule has 2 heterocycles. The van der Waals surface area contributed by atoms with E-state index in [4.69, 9.17) is 23.7 Å². The number of hydrogen-bond donors (Lipinski definition) is 8. The summed E-state index contributed by atoms with van der Waals surface area (Å²) in [5.74, 6) is 0.826. The van der Waals surface area contributed by atoms with Crippen LogP contribution < -0.4 is 14.8 Å². The minimum atomic E-state index is -1.79. The Kier molecular flexibility index (Phi) is 14.2.